The molecule has 0 aromatic carbocycles. The average Bonchev–Trinajstić information content (AvgIpc) is 3.02. The fourth-order valence-corrected chi connectivity index (χ4v) is 1.89. The number of hydrogen-bond donors (Lipinski definition) is 2. The predicted molar refractivity (Wildman–Crippen MR) is 54.1 cm³/mol. The minimum absolute atomic E-state index is 0.246. The highest BCUT2D eigenvalue weighted by molar-refractivity contribution is 5.77. The molecule has 1 aliphatic carbocycles. The molecular formula is C9H18N4O. The van der Waals surface area contributed by atoms with Gasteiger partial charge in [-0.2, -0.15) is 0 Å². The van der Waals surface area contributed by atoms with Gasteiger partial charge < -0.3 is 15.8 Å². The Hall–Kier alpha value is -0.970. The number of rotatable bonds is 2. The van der Waals surface area contributed by atoms with Crippen LogP contribution >= 0.6 is 0 Å². The minimum Gasteiger partial charge on any atom is -0.408 e. The maximum Gasteiger partial charge on any atom is 0.233 e. The predicted octanol–water partition coefficient (Wildman–Crippen LogP) is -0.282. The van der Waals surface area contributed by atoms with Gasteiger partial charge in [0.2, 0.25) is 5.96 Å². The second kappa shape index (κ2) is 4.04. The maximum absolute atomic E-state index is 8.52. The van der Waals surface area contributed by atoms with Crippen molar-refractivity contribution in [3.63, 3.8) is 0 Å². The topological polar surface area (TPSA) is 65.1 Å². The van der Waals surface area contributed by atoms with Gasteiger partial charge in [0.15, 0.2) is 0 Å². The molecule has 0 spiro atoms. The summed E-state index contributed by atoms with van der Waals surface area (Å²) in [5.74, 6) is 1.20. The average molecular weight is 198 g/mol. The van der Waals surface area contributed by atoms with Crippen LogP contribution in [0, 0.1) is 5.92 Å². The first-order chi connectivity index (χ1) is 6.79. The Balaban J connectivity index is 1.73. The first-order valence-electron chi connectivity index (χ1n) is 5.24. The van der Waals surface area contributed by atoms with Crippen molar-refractivity contribution in [3.8, 4) is 0 Å². The van der Waals surface area contributed by atoms with Crippen molar-refractivity contribution in [2.75, 3.05) is 32.7 Å². The molecule has 0 amide bonds. The van der Waals surface area contributed by atoms with Gasteiger partial charge in [0, 0.05) is 32.7 Å². The molecule has 0 radical (unpaired) electrons. The minimum atomic E-state index is 0.246. The summed E-state index contributed by atoms with van der Waals surface area (Å²) in [4.78, 5) is 4.39. The van der Waals surface area contributed by atoms with Crippen molar-refractivity contribution < 1.29 is 5.21 Å². The molecular weight excluding hydrogens is 180 g/mol. The summed E-state index contributed by atoms with van der Waals surface area (Å²) in [6.07, 6.45) is 2.81. The number of piperazine rings is 1. The first kappa shape index (κ1) is 9.58. The molecule has 2 rings (SSSR count). The lowest BCUT2D eigenvalue weighted by Crippen LogP contribution is -2.51. The van der Waals surface area contributed by atoms with Gasteiger partial charge in [-0.3, -0.25) is 4.90 Å². The fourth-order valence-electron chi connectivity index (χ4n) is 1.89. The van der Waals surface area contributed by atoms with Gasteiger partial charge in [0.1, 0.15) is 0 Å². The highest BCUT2D eigenvalue weighted by Crippen LogP contribution is 2.29. The molecule has 80 valence electrons. The largest absolute Gasteiger partial charge is 0.408 e. The van der Waals surface area contributed by atoms with E-state index in [1.807, 2.05) is 4.90 Å². The van der Waals surface area contributed by atoms with Gasteiger partial charge in [-0.05, 0) is 18.8 Å². The monoisotopic (exact) mass is 198 g/mol. The molecule has 0 unspecified atom stereocenters. The first-order valence-corrected chi connectivity index (χ1v) is 5.24. The van der Waals surface area contributed by atoms with Crippen molar-refractivity contribution in [1.82, 2.24) is 9.80 Å². The second-order valence-electron chi connectivity index (χ2n) is 4.19. The zero-order chi connectivity index (χ0) is 9.97. The SMILES string of the molecule is NC(=NO)N1CCN(CC2CC2)CC1. The normalized spacial score (nSPS) is 25.4. The molecule has 1 aliphatic heterocycles. The molecule has 1 heterocycles. The highest BCUT2D eigenvalue weighted by atomic mass is 16.4. The van der Waals surface area contributed by atoms with Crippen LogP contribution in [-0.4, -0.2) is 53.7 Å². The van der Waals surface area contributed by atoms with Gasteiger partial charge in [0.25, 0.3) is 0 Å². The van der Waals surface area contributed by atoms with E-state index in [-0.39, 0.29) is 5.96 Å². The lowest BCUT2D eigenvalue weighted by Gasteiger charge is -2.34. The van der Waals surface area contributed by atoms with Crippen LogP contribution in [0.5, 0.6) is 0 Å². The van der Waals surface area contributed by atoms with Crippen LogP contribution in [-0.2, 0) is 0 Å². The maximum atomic E-state index is 8.52. The molecule has 0 atom stereocenters. The number of nitrogens with zero attached hydrogens (tertiary/aromatic N) is 3. The molecule has 3 N–H and O–H groups in total. The smallest absolute Gasteiger partial charge is 0.233 e. The summed E-state index contributed by atoms with van der Waals surface area (Å²) in [5, 5.41) is 11.5. The van der Waals surface area contributed by atoms with Gasteiger partial charge in [-0.1, -0.05) is 5.16 Å². The van der Waals surface area contributed by atoms with Gasteiger partial charge in [0.05, 0.1) is 0 Å². The standard InChI is InChI=1S/C9H18N4O/c10-9(11-14)13-5-3-12(4-6-13)7-8-1-2-8/h8,14H,1-7H2,(H2,10,11). The van der Waals surface area contributed by atoms with E-state index in [4.69, 9.17) is 10.9 Å². The molecule has 2 fully saturated rings. The molecule has 14 heavy (non-hydrogen) atoms. The molecule has 2 aliphatic rings. The van der Waals surface area contributed by atoms with Crippen LogP contribution in [0.2, 0.25) is 0 Å². The molecule has 0 aromatic rings. The molecule has 0 bridgehead atoms. The quantitative estimate of drug-likeness (QED) is 0.277. The number of oxime groups is 1. The van der Waals surface area contributed by atoms with Crippen molar-refractivity contribution in [3.05, 3.63) is 0 Å². The number of guanidine groups is 1. The zero-order valence-corrected chi connectivity index (χ0v) is 8.39. The van der Waals surface area contributed by atoms with E-state index >= 15 is 0 Å². The highest BCUT2D eigenvalue weighted by Gasteiger charge is 2.26. The Morgan fingerprint density at radius 3 is 2.43 bits per heavy atom. The molecule has 0 aromatic heterocycles. The summed E-state index contributed by atoms with van der Waals surface area (Å²) < 4.78 is 0. The zero-order valence-electron chi connectivity index (χ0n) is 8.39. The van der Waals surface area contributed by atoms with E-state index in [9.17, 15) is 0 Å². The third-order valence-corrected chi connectivity index (χ3v) is 3.01. The Bertz CT molecular complexity index is 219. The lowest BCUT2D eigenvalue weighted by atomic mass is 10.3. The summed E-state index contributed by atoms with van der Waals surface area (Å²) >= 11 is 0. The molecule has 5 nitrogen and oxygen atoms in total. The van der Waals surface area contributed by atoms with E-state index in [1.165, 1.54) is 19.4 Å². The van der Waals surface area contributed by atoms with Crippen LogP contribution in [0.4, 0.5) is 0 Å². The lowest BCUT2D eigenvalue weighted by molar-refractivity contribution is 0.170. The summed E-state index contributed by atoms with van der Waals surface area (Å²) in [5.41, 5.74) is 5.51. The van der Waals surface area contributed by atoms with E-state index in [0.717, 1.165) is 32.1 Å². The van der Waals surface area contributed by atoms with Crippen LogP contribution in [0.1, 0.15) is 12.8 Å². The summed E-state index contributed by atoms with van der Waals surface area (Å²) in [6, 6.07) is 0. The Labute approximate surface area is 84.2 Å². The van der Waals surface area contributed by atoms with Gasteiger partial charge >= 0.3 is 0 Å². The van der Waals surface area contributed by atoms with Gasteiger partial charge in [-0.25, -0.2) is 0 Å². The fraction of sp³-hybridized carbons (Fsp3) is 0.889. The van der Waals surface area contributed by atoms with Crippen molar-refractivity contribution >= 4 is 5.96 Å². The van der Waals surface area contributed by atoms with Crippen molar-refractivity contribution in [2.24, 2.45) is 16.8 Å². The molecule has 1 saturated heterocycles. The van der Waals surface area contributed by atoms with Crippen LogP contribution in [0.25, 0.3) is 0 Å². The third-order valence-electron chi connectivity index (χ3n) is 3.01. The van der Waals surface area contributed by atoms with Crippen molar-refractivity contribution in [1.29, 1.82) is 0 Å². The summed E-state index contributed by atoms with van der Waals surface area (Å²) in [7, 11) is 0. The van der Waals surface area contributed by atoms with Gasteiger partial charge in [-0.15, -0.1) is 0 Å². The number of hydrogen-bond acceptors (Lipinski definition) is 3. The van der Waals surface area contributed by atoms with E-state index < -0.39 is 0 Å². The van der Waals surface area contributed by atoms with Crippen LogP contribution in [0.15, 0.2) is 5.16 Å². The Morgan fingerprint density at radius 1 is 1.29 bits per heavy atom. The van der Waals surface area contributed by atoms with E-state index in [1.54, 1.807) is 0 Å². The number of nitrogens with two attached hydrogens (primary N) is 1. The Kier molecular flexibility index (Phi) is 2.77. The van der Waals surface area contributed by atoms with Crippen molar-refractivity contribution in [2.45, 2.75) is 12.8 Å². The van der Waals surface area contributed by atoms with Crippen LogP contribution < -0.4 is 5.73 Å². The van der Waals surface area contributed by atoms with E-state index in [0.29, 0.717) is 0 Å². The van der Waals surface area contributed by atoms with Crippen LogP contribution in [0.3, 0.4) is 0 Å². The molecule has 1 saturated carbocycles. The third kappa shape index (κ3) is 2.29. The Morgan fingerprint density at radius 2 is 1.93 bits per heavy atom. The molecule has 5 heteroatoms. The van der Waals surface area contributed by atoms with E-state index in [2.05, 4.69) is 10.1 Å². The summed E-state index contributed by atoms with van der Waals surface area (Å²) in [6.45, 7) is 5.06. The second-order valence-corrected chi connectivity index (χ2v) is 4.19.